The third kappa shape index (κ3) is 3.89. The molecule has 6 heteroatoms. The Morgan fingerprint density at radius 2 is 1.66 bits per heavy atom. The van der Waals surface area contributed by atoms with E-state index in [2.05, 4.69) is 48.7 Å². The number of imide groups is 1. The van der Waals surface area contributed by atoms with Crippen LogP contribution in [0.3, 0.4) is 0 Å². The molecule has 0 unspecified atom stereocenters. The fourth-order valence-corrected chi connectivity index (χ4v) is 8.63. The van der Waals surface area contributed by atoms with E-state index in [1.807, 2.05) is 6.08 Å². The van der Waals surface area contributed by atoms with Crippen molar-refractivity contribution >= 4 is 29.0 Å². The van der Waals surface area contributed by atoms with E-state index in [9.17, 15) is 9.59 Å². The van der Waals surface area contributed by atoms with Crippen molar-refractivity contribution in [2.45, 2.75) is 57.8 Å². The molecule has 7 rings (SSSR count). The molecule has 35 heavy (non-hydrogen) atoms. The highest BCUT2D eigenvalue weighted by atomic mass is 32.2. The van der Waals surface area contributed by atoms with Crippen molar-refractivity contribution in [3.63, 3.8) is 0 Å². The van der Waals surface area contributed by atoms with Gasteiger partial charge in [-0.15, -0.1) is 0 Å². The number of aromatic nitrogens is 1. The van der Waals surface area contributed by atoms with Crippen LogP contribution < -0.4 is 0 Å². The summed E-state index contributed by atoms with van der Waals surface area (Å²) in [5, 5.41) is -0.229. The highest BCUT2D eigenvalue weighted by molar-refractivity contribution is 8.18. The first-order valence-corrected chi connectivity index (χ1v) is 13.7. The second-order valence-corrected chi connectivity index (χ2v) is 12.2. The molecule has 0 spiro atoms. The average molecular weight is 491 g/mol. The van der Waals surface area contributed by atoms with Crippen LogP contribution >= 0.6 is 11.8 Å². The lowest BCUT2D eigenvalue weighted by molar-refractivity contribution is -0.123. The largest absolute Gasteiger partial charge is 0.383 e. The van der Waals surface area contributed by atoms with Crippen LogP contribution in [-0.2, 0) is 14.9 Å². The highest BCUT2D eigenvalue weighted by Gasteiger charge is 2.51. The molecular formula is C29H34N2O3S. The maximum absolute atomic E-state index is 12.8. The first kappa shape index (κ1) is 23.1. The predicted octanol–water partition coefficient (Wildman–Crippen LogP) is 6.24. The molecule has 5 nitrogen and oxygen atoms in total. The molecule has 1 aromatic heterocycles. The van der Waals surface area contributed by atoms with E-state index in [0.717, 1.165) is 52.2 Å². The molecule has 0 atom stereocenters. The van der Waals surface area contributed by atoms with Crippen molar-refractivity contribution in [3.05, 3.63) is 57.8 Å². The summed E-state index contributed by atoms with van der Waals surface area (Å²) in [6.07, 6.45) is 10.4. The van der Waals surface area contributed by atoms with Crippen LogP contribution in [0.5, 0.6) is 0 Å². The molecule has 1 aliphatic heterocycles. The Balaban J connectivity index is 1.26. The average Bonchev–Trinajstić information content (AvgIpc) is 3.25. The maximum Gasteiger partial charge on any atom is 0.293 e. The number of hydrogen-bond acceptors (Lipinski definition) is 4. The van der Waals surface area contributed by atoms with Gasteiger partial charge in [0.05, 0.1) is 18.1 Å². The van der Waals surface area contributed by atoms with E-state index in [4.69, 9.17) is 4.74 Å². The first-order chi connectivity index (χ1) is 16.9. The van der Waals surface area contributed by atoms with Gasteiger partial charge in [0.2, 0.25) is 0 Å². The van der Waals surface area contributed by atoms with Gasteiger partial charge in [-0.1, -0.05) is 12.1 Å². The van der Waals surface area contributed by atoms with E-state index in [0.29, 0.717) is 16.9 Å². The van der Waals surface area contributed by atoms with Crippen LogP contribution in [0.15, 0.2) is 35.2 Å². The summed E-state index contributed by atoms with van der Waals surface area (Å²) in [7, 11) is 1.57. The SMILES string of the molecule is COCCN1C(=O)S/C(=C/c2cc(C)n(-c3ccc(C45CC6CC(CC(C6)C4)C5)cc3)c2C)C1=O. The predicted molar refractivity (Wildman–Crippen MR) is 140 cm³/mol. The first-order valence-electron chi connectivity index (χ1n) is 12.9. The van der Waals surface area contributed by atoms with Crippen molar-refractivity contribution in [1.29, 1.82) is 0 Å². The van der Waals surface area contributed by atoms with Gasteiger partial charge in [-0.25, -0.2) is 0 Å². The smallest absolute Gasteiger partial charge is 0.293 e. The second kappa shape index (κ2) is 8.67. The highest BCUT2D eigenvalue weighted by Crippen LogP contribution is 2.60. The maximum atomic E-state index is 12.8. The molecule has 2 amide bonds. The van der Waals surface area contributed by atoms with Gasteiger partial charge in [0, 0.05) is 24.2 Å². The summed E-state index contributed by atoms with van der Waals surface area (Å²) in [6, 6.07) is 11.4. The van der Waals surface area contributed by atoms with E-state index in [1.54, 1.807) is 7.11 Å². The second-order valence-electron chi connectivity index (χ2n) is 11.2. The molecule has 5 aliphatic rings. The summed E-state index contributed by atoms with van der Waals surface area (Å²) >= 11 is 1.01. The van der Waals surface area contributed by atoms with Gasteiger partial charge in [0.15, 0.2) is 0 Å². The summed E-state index contributed by atoms with van der Waals surface area (Å²) in [5.41, 5.74) is 6.27. The standard InChI is InChI=1S/C29H34N2O3S/c1-18-10-23(14-26-27(32)30(8-9-34-3)28(33)35-26)19(2)31(18)25-6-4-24(5-7-25)29-15-20-11-21(16-29)13-22(12-20)17-29/h4-7,10,14,20-22H,8-9,11-13,15-17H2,1-3H3/b26-14+. The van der Waals surface area contributed by atoms with Gasteiger partial charge in [-0.05, 0) is 123 Å². The molecule has 184 valence electrons. The third-order valence-electron chi connectivity index (χ3n) is 8.93. The summed E-state index contributed by atoms with van der Waals surface area (Å²) in [5.74, 6) is 2.60. The number of aryl methyl sites for hydroxylation is 1. The van der Waals surface area contributed by atoms with Crippen LogP contribution in [-0.4, -0.2) is 40.9 Å². The fourth-order valence-electron chi connectivity index (χ4n) is 7.78. The Morgan fingerprint density at radius 3 is 2.26 bits per heavy atom. The Bertz CT molecular complexity index is 1170. The Hall–Kier alpha value is -2.31. The van der Waals surface area contributed by atoms with Crippen LogP contribution in [0.25, 0.3) is 11.8 Å². The molecule has 5 fully saturated rings. The molecule has 1 saturated heterocycles. The van der Waals surface area contributed by atoms with Crippen LogP contribution in [0.1, 0.15) is 61.0 Å². The number of ether oxygens (including phenoxy) is 1. The number of hydrogen-bond donors (Lipinski definition) is 0. The van der Waals surface area contributed by atoms with Gasteiger partial charge in [0.25, 0.3) is 11.1 Å². The van der Waals surface area contributed by atoms with Gasteiger partial charge in [-0.3, -0.25) is 14.5 Å². The molecule has 4 aliphatic carbocycles. The topological polar surface area (TPSA) is 51.5 Å². The molecule has 1 aromatic carbocycles. The van der Waals surface area contributed by atoms with Crippen LogP contribution in [0, 0.1) is 31.6 Å². The van der Waals surface area contributed by atoms with Crippen LogP contribution in [0.2, 0.25) is 0 Å². The van der Waals surface area contributed by atoms with Crippen LogP contribution in [0.4, 0.5) is 4.79 Å². The number of methoxy groups -OCH3 is 1. The zero-order valence-electron chi connectivity index (χ0n) is 20.9. The monoisotopic (exact) mass is 490 g/mol. The number of rotatable bonds is 6. The van der Waals surface area contributed by atoms with Crippen molar-refractivity contribution in [3.8, 4) is 5.69 Å². The van der Waals surface area contributed by atoms with E-state index in [1.165, 1.54) is 49.0 Å². The molecule has 4 bridgehead atoms. The van der Waals surface area contributed by atoms with Gasteiger partial charge < -0.3 is 9.30 Å². The number of benzene rings is 1. The van der Waals surface area contributed by atoms with Crippen molar-refractivity contribution < 1.29 is 14.3 Å². The number of carbonyl (C=O) groups is 2. The van der Waals surface area contributed by atoms with E-state index < -0.39 is 0 Å². The number of thioether (sulfide) groups is 1. The molecule has 4 saturated carbocycles. The normalized spacial score (nSPS) is 30.8. The summed E-state index contributed by atoms with van der Waals surface area (Å²) in [6.45, 7) is 4.81. The van der Waals surface area contributed by atoms with Gasteiger partial charge in [0.1, 0.15) is 0 Å². The Labute approximate surface area is 211 Å². The Morgan fingerprint density at radius 1 is 1.03 bits per heavy atom. The minimum absolute atomic E-state index is 0.229. The van der Waals surface area contributed by atoms with Gasteiger partial charge >= 0.3 is 0 Å². The number of nitrogens with zero attached hydrogens (tertiary/aromatic N) is 2. The lowest BCUT2D eigenvalue weighted by Gasteiger charge is -2.57. The molecular weight excluding hydrogens is 456 g/mol. The Kier molecular flexibility index (Phi) is 5.72. The quantitative estimate of drug-likeness (QED) is 0.450. The fraction of sp³-hybridized carbons (Fsp3) is 0.517. The molecule has 2 heterocycles. The lowest BCUT2D eigenvalue weighted by Crippen LogP contribution is -2.48. The summed E-state index contributed by atoms with van der Waals surface area (Å²) in [4.78, 5) is 26.8. The van der Waals surface area contributed by atoms with E-state index in [-0.39, 0.29) is 17.7 Å². The van der Waals surface area contributed by atoms with Crippen molar-refractivity contribution in [2.24, 2.45) is 17.8 Å². The third-order valence-corrected chi connectivity index (χ3v) is 9.83. The van der Waals surface area contributed by atoms with E-state index >= 15 is 0 Å². The minimum Gasteiger partial charge on any atom is -0.383 e. The molecule has 0 radical (unpaired) electrons. The zero-order valence-corrected chi connectivity index (χ0v) is 21.7. The number of carbonyl (C=O) groups excluding carboxylic acids is 2. The zero-order chi connectivity index (χ0) is 24.3. The number of amides is 2. The van der Waals surface area contributed by atoms with Crippen molar-refractivity contribution in [2.75, 3.05) is 20.3 Å². The van der Waals surface area contributed by atoms with Crippen molar-refractivity contribution in [1.82, 2.24) is 9.47 Å². The molecule has 0 N–H and O–H groups in total. The van der Waals surface area contributed by atoms with Gasteiger partial charge in [-0.2, -0.15) is 0 Å². The molecule has 2 aromatic rings. The lowest BCUT2D eigenvalue weighted by atomic mass is 9.48. The summed E-state index contributed by atoms with van der Waals surface area (Å²) < 4.78 is 7.29. The minimum atomic E-state index is -0.234.